The summed E-state index contributed by atoms with van der Waals surface area (Å²) < 4.78 is 43.1. The Labute approximate surface area is 91.2 Å². The van der Waals surface area contributed by atoms with Gasteiger partial charge in [0.1, 0.15) is 0 Å². The van der Waals surface area contributed by atoms with Gasteiger partial charge in [0.25, 0.3) is 0 Å². The molecule has 2 N–H and O–H groups in total. The van der Waals surface area contributed by atoms with Crippen molar-refractivity contribution in [3.8, 4) is 5.88 Å². The molecule has 1 heterocycles. The molecular weight excluding hydrogens is 223 g/mol. The van der Waals surface area contributed by atoms with Gasteiger partial charge in [-0.2, -0.15) is 18.3 Å². The first-order valence-corrected chi connectivity index (χ1v) is 4.61. The molecule has 0 unspecified atom stereocenters. The molecule has 1 aromatic heterocycles. The molecule has 1 rings (SSSR count). The number of rotatable bonds is 3. The Bertz CT molecular complexity index is 365. The molecule has 0 radical (unpaired) electrons. The van der Waals surface area contributed by atoms with E-state index in [0.29, 0.717) is 0 Å². The molecule has 7 heteroatoms. The SMILES string of the molecule is COc1cc(C(F)(F)F)nn1CC(C)(C)N. The van der Waals surface area contributed by atoms with Crippen LogP contribution in [-0.4, -0.2) is 22.4 Å². The Morgan fingerprint density at radius 3 is 2.38 bits per heavy atom. The average Bonchev–Trinajstić information content (AvgIpc) is 2.43. The Balaban J connectivity index is 3.05. The quantitative estimate of drug-likeness (QED) is 0.869. The zero-order chi connectivity index (χ0) is 12.6. The van der Waals surface area contributed by atoms with Gasteiger partial charge >= 0.3 is 6.18 Å². The molecule has 0 aliphatic rings. The van der Waals surface area contributed by atoms with Crippen LogP contribution < -0.4 is 10.5 Å². The van der Waals surface area contributed by atoms with Gasteiger partial charge in [-0.15, -0.1) is 0 Å². The van der Waals surface area contributed by atoms with E-state index in [2.05, 4.69) is 5.10 Å². The van der Waals surface area contributed by atoms with Crippen LogP contribution in [0.3, 0.4) is 0 Å². The molecule has 0 saturated heterocycles. The topological polar surface area (TPSA) is 53.1 Å². The van der Waals surface area contributed by atoms with Crippen molar-refractivity contribution in [2.45, 2.75) is 32.1 Å². The van der Waals surface area contributed by atoms with Crippen LogP contribution >= 0.6 is 0 Å². The Kier molecular flexibility index (Phi) is 3.18. The van der Waals surface area contributed by atoms with Gasteiger partial charge in [0.05, 0.1) is 13.7 Å². The molecule has 0 fully saturated rings. The third-order valence-corrected chi connectivity index (χ3v) is 1.80. The number of hydrogen-bond acceptors (Lipinski definition) is 3. The zero-order valence-corrected chi connectivity index (χ0v) is 9.30. The zero-order valence-electron chi connectivity index (χ0n) is 9.30. The van der Waals surface area contributed by atoms with E-state index in [1.807, 2.05) is 0 Å². The fourth-order valence-corrected chi connectivity index (χ4v) is 1.20. The lowest BCUT2D eigenvalue weighted by atomic mass is 10.1. The minimum atomic E-state index is -4.47. The second kappa shape index (κ2) is 3.97. The summed E-state index contributed by atoms with van der Waals surface area (Å²) in [5.74, 6) is 0.0471. The molecule has 0 amide bonds. The summed E-state index contributed by atoms with van der Waals surface area (Å²) in [6, 6.07) is 0.853. The van der Waals surface area contributed by atoms with Crippen LogP contribution in [0.5, 0.6) is 5.88 Å². The van der Waals surface area contributed by atoms with E-state index in [9.17, 15) is 13.2 Å². The van der Waals surface area contributed by atoms with E-state index >= 15 is 0 Å². The highest BCUT2D eigenvalue weighted by molar-refractivity contribution is 5.18. The van der Waals surface area contributed by atoms with E-state index in [1.54, 1.807) is 13.8 Å². The van der Waals surface area contributed by atoms with Gasteiger partial charge in [0, 0.05) is 11.6 Å². The van der Waals surface area contributed by atoms with Gasteiger partial charge in [-0.25, -0.2) is 4.68 Å². The van der Waals surface area contributed by atoms with Crippen molar-refractivity contribution in [1.82, 2.24) is 9.78 Å². The predicted molar refractivity (Wildman–Crippen MR) is 52.0 cm³/mol. The first-order chi connectivity index (χ1) is 7.13. The van der Waals surface area contributed by atoms with Crippen molar-refractivity contribution in [2.75, 3.05) is 7.11 Å². The Morgan fingerprint density at radius 2 is 2.00 bits per heavy atom. The second-order valence-corrected chi connectivity index (χ2v) is 4.22. The van der Waals surface area contributed by atoms with Crippen molar-refractivity contribution >= 4 is 0 Å². The molecule has 0 atom stereocenters. The van der Waals surface area contributed by atoms with Crippen molar-refractivity contribution < 1.29 is 17.9 Å². The van der Waals surface area contributed by atoms with Crippen LogP contribution in [0.2, 0.25) is 0 Å². The molecule has 92 valence electrons. The number of ether oxygens (including phenoxy) is 1. The normalized spacial score (nSPS) is 12.9. The molecule has 0 saturated carbocycles. The molecule has 0 aromatic carbocycles. The molecule has 0 bridgehead atoms. The van der Waals surface area contributed by atoms with Crippen LogP contribution in [0.4, 0.5) is 13.2 Å². The van der Waals surface area contributed by atoms with Crippen molar-refractivity contribution in [3.05, 3.63) is 11.8 Å². The number of nitrogens with two attached hydrogens (primary N) is 1. The molecule has 16 heavy (non-hydrogen) atoms. The monoisotopic (exact) mass is 237 g/mol. The van der Waals surface area contributed by atoms with Gasteiger partial charge in [-0.05, 0) is 13.8 Å². The van der Waals surface area contributed by atoms with Gasteiger partial charge < -0.3 is 10.5 Å². The number of nitrogens with zero attached hydrogens (tertiary/aromatic N) is 2. The van der Waals surface area contributed by atoms with Crippen LogP contribution in [0.1, 0.15) is 19.5 Å². The standard InChI is InChI=1S/C9H14F3N3O/c1-8(2,13)5-15-7(16-3)4-6(14-15)9(10,11)12/h4H,5,13H2,1-3H3. The maximum atomic E-state index is 12.4. The number of aromatic nitrogens is 2. The summed E-state index contributed by atoms with van der Waals surface area (Å²) in [4.78, 5) is 0. The van der Waals surface area contributed by atoms with Gasteiger partial charge in [0.15, 0.2) is 5.69 Å². The first-order valence-electron chi connectivity index (χ1n) is 4.61. The smallest absolute Gasteiger partial charge is 0.435 e. The number of alkyl halides is 3. The highest BCUT2D eigenvalue weighted by Crippen LogP contribution is 2.30. The second-order valence-electron chi connectivity index (χ2n) is 4.22. The predicted octanol–water partition coefficient (Wildman–Crippen LogP) is 1.65. The van der Waals surface area contributed by atoms with Crippen LogP contribution in [0.15, 0.2) is 6.07 Å². The molecule has 0 aliphatic carbocycles. The maximum absolute atomic E-state index is 12.4. The third kappa shape index (κ3) is 3.13. The Hall–Kier alpha value is -1.24. The lowest BCUT2D eigenvalue weighted by Gasteiger charge is -2.19. The molecule has 0 spiro atoms. The summed E-state index contributed by atoms with van der Waals surface area (Å²) >= 11 is 0. The van der Waals surface area contributed by atoms with Crippen molar-refractivity contribution in [1.29, 1.82) is 0 Å². The van der Waals surface area contributed by atoms with Crippen LogP contribution in [0, 0.1) is 0 Å². The summed E-state index contributed by atoms with van der Waals surface area (Å²) in [7, 11) is 1.29. The lowest BCUT2D eigenvalue weighted by molar-refractivity contribution is -0.141. The maximum Gasteiger partial charge on any atom is 0.435 e. The first kappa shape index (κ1) is 12.8. The van der Waals surface area contributed by atoms with E-state index in [0.717, 1.165) is 10.7 Å². The highest BCUT2D eigenvalue weighted by Gasteiger charge is 2.35. The molecule has 4 nitrogen and oxygen atoms in total. The van der Waals surface area contributed by atoms with E-state index < -0.39 is 17.4 Å². The lowest BCUT2D eigenvalue weighted by Crippen LogP contribution is -2.37. The summed E-state index contributed by atoms with van der Waals surface area (Å²) in [6.07, 6.45) is -4.47. The largest absolute Gasteiger partial charge is 0.481 e. The van der Waals surface area contributed by atoms with E-state index in [1.165, 1.54) is 7.11 Å². The van der Waals surface area contributed by atoms with Crippen molar-refractivity contribution in [3.63, 3.8) is 0 Å². The Morgan fingerprint density at radius 1 is 1.44 bits per heavy atom. The summed E-state index contributed by atoms with van der Waals surface area (Å²) in [5.41, 5.74) is 4.07. The van der Waals surface area contributed by atoms with E-state index in [-0.39, 0.29) is 12.4 Å². The molecule has 0 aliphatic heterocycles. The van der Waals surface area contributed by atoms with Crippen molar-refractivity contribution in [2.24, 2.45) is 5.73 Å². The number of hydrogen-bond donors (Lipinski definition) is 1. The number of halogens is 3. The molecular formula is C9H14F3N3O. The minimum absolute atomic E-state index is 0.0471. The van der Waals surface area contributed by atoms with Crippen LogP contribution in [0.25, 0.3) is 0 Å². The third-order valence-electron chi connectivity index (χ3n) is 1.80. The highest BCUT2D eigenvalue weighted by atomic mass is 19.4. The fraction of sp³-hybridized carbons (Fsp3) is 0.667. The van der Waals surface area contributed by atoms with Gasteiger partial charge in [-0.3, -0.25) is 0 Å². The van der Waals surface area contributed by atoms with Gasteiger partial charge in [-0.1, -0.05) is 0 Å². The average molecular weight is 237 g/mol. The fourth-order valence-electron chi connectivity index (χ4n) is 1.20. The summed E-state index contributed by atoms with van der Waals surface area (Å²) in [5, 5.41) is 3.42. The number of methoxy groups -OCH3 is 1. The summed E-state index contributed by atoms with van der Waals surface area (Å²) in [6.45, 7) is 3.54. The van der Waals surface area contributed by atoms with E-state index in [4.69, 9.17) is 10.5 Å². The van der Waals surface area contributed by atoms with Crippen LogP contribution in [-0.2, 0) is 12.7 Å². The molecule has 1 aromatic rings. The minimum Gasteiger partial charge on any atom is -0.481 e. The van der Waals surface area contributed by atoms with Gasteiger partial charge in [0.2, 0.25) is 5.88 Å².